The van der Waals surface area contributed by atoms with Gasteiger partial charge in [-0.3, -0.25) is 9.20 Å². The number of hydrogen-bond acceptors (Lipinski definition) is 5. The predicted octanol–water partition coefficient (Wildman–Crippen LogP) is 3.37. The van der Waals surface area contributed by atoms with Gasteiger partial charge in [0.1, 0.15) is 17.0 Å². The molecule has 1 fully saturated rings. The Hall–Kier alpha value is -3.74. The number of carbonyl (C=O) groups excluding carboxylic acids is 1. The summed E-state index contributed by atoms with van der Waals surface area (Å²) in [6, 6.07) is 14.0. The number of benzene rings is 1. The first-order valence-electron chi connectivity index (χ1n) is 10.5. The van der Waals surface area contributed by atoms with E-state index in [1.54, 1.807) is 12.4 Å². The van der Waals surface area contributed by atoms with Crippen LogP contribution >= 0.6 is 0 Å². The number of anilines is 1. The van der Waals surface area contributed by atoms with Crippen molar-refractivity contribution in [3.8, 4) is 11.3 Å². The van der Waals surface area contributed by atoms with Crippen LogP contribution in [0.5, 0.6) is 0 Å². The smallest absolute Gasteiger partial charge is 0.273 e. The number of aryl methyl sites for hydroxylation is 2. The number of pyridine rings is 1. The lowest BCUT2D eigenvalue weighted by Gasteiger charge is -2.34. The maximum Gasteiger partial charge on any atom is 0.273 e. The highest BCUT2D eigenvalue weighted by atomic mass is 16.2. The van der Waals surface area contributed by atoms with Crippen LogP contribution in [0.1, 0.15) is 21.6 Å². The molecule has 4 heterocycles. The highest BCUT2D eigenvalue weighted by Crippen LogP contribution is 2.27. The Kier molecular flexibility index (Phi) is 4.86. The summed E-state index contributed by atoms with van der Waals surface area (Å²) in [6.45, 7) is 6.71. The fraction of sp³-hybridized carbons (Fsp3) is 0.250. The van der Waals surface area contributed by atoms with Crippen molar-refractivity contribution >= 4 is 17.5 Å². The minimum absolute atomic E-state index is 0.00213. The van der Waals surface area contributed by atoms with E-state index in [4.69, 9.17) is 4.98 Å². The van der Waals surface area contributed by atoms with Gasteiger partial charge in [0.15, 0.2) is 0 Å². The number of fused-ring (bicyclic) bond motifs is 1. The average molecular weight is 412 g/mol. The Bertz CT molecular complexity index is 1220. The van der Waals surface area contributed by atoms with Gasteiger partial charge in [0.2, 0.25) is 5.95 Å². The molecule has 0 saturated carbocycles. The Morgan fingerprint density at radius 2 is 1.55 bits per heavy atom. The number of piperazine rings is 1. The molecule has 5 rings (SSSR count). The minimum Gasteiger partial charge on any atom is -0.337 e. The molecule has 0 atom stereocenters. The number of imidazole rings is 1. The lowest BCUT2D eigenvalue weighted by Crippen LogP contribution is -2.49. The molecule has 3 aromatic heterocycles. The zero-order valence-corrected chi connectivity index (χ0v) is 17.7. The van der Waals surface area contributed by atoms with E-state index in [9.17, 15) is 4.79 Å². The van der Waals surface area contributed by atoms with E-state index >= 15 is 0 Å². The number of aromatic nitrogens is 4. The third-order valence-electron chi connectivity index (χ3n) is 5.70. The van der Waals surface area contributed by atoms with Crippen LogP contribution in [0.2, 0.25) is 0 Å². The molecule has 7 heteroatoms. The van der Waals surface area contributed by atoms with Crippen molar-refractivity contribution in [3.05, 3.63) is 77.9 Å². The minimum atomic E-state index is 0.00213. The molecule has 1 saturated heterocycles. The van der Waals surface area contributed by atoms with E-state index in [1.807, 2.05) is 52.8 Å². The molecule has 0 spiro atoms. The molecular weight excluding hydrogens is 388 g/mol. The molecule has 0 bridgehead atoms. The molecule has 1 aliphatic heterocycles. The second-order valence-corrected chi connectivity index (χ2v) is 7.94. The first-order chi connectivity index (χ1) is 15.1. The molecule has 0 radical (unpaired) electrons. The van der Waals surface area contributed by atoms with Crippen LogP contribution in [-0.2, 0) is 0 Å². The normalized spacial score (nSPS) is 14.3. The van der Waals surface area contributed by atoms with Gasteiger partial charge in [-0.15, -0.1) is 0 Å². The summed E-state index contributed by atoms with van der Waals surface area (Å²) in [6.07, 6.45) is 5.48. The van der Waals surface area contributed by atoms with Gasteiger partial charge in [-0.05, 0) is 31.5 Å². The number of rotatable bonds is 3. The zero-order valence-electron chi connectivity index (χ0n) is 17.7. The Balaban J connectivity index is 1.49. The van der Waals surface area contributed by atoms with E-state index in [1.165, 1.54) is 5.56 Å². The molecule has 4 aromatic rings. The molecule has 0 unspecified atom stereocenters. The van der Waals surface area contributed by atoms with Crippen LogP contribution in [0.3, 0.4) is 0 Å². The van der Waals surface area contributed by atoms with E-state index in [2.05, 4.69) is 33.9 Å². The monoisotopic (exact) mass is 412 g/mol. The molecule has 31 heavy (non-hydrogen) atoms. The molecule has 1 aromatic carbocycles. The average Bonchev–Trinajstić information content (AvgIpc) is 3.18. The molecule has 0 N–H and O–H groups in total. The first-order valence-corrected chi connectivity index (χ1v) is 10.5. The second-order valence-electron chi connectivity index (χ2n) is 7.94. The largest absolute Gasteiger partial charge is 0.337 e. The van der Waals surface area contributed by atoms with Crippen LogP contribution in [0, 0.1) is 13.8 Å². The van der Waals surface area contributed by atoms with Gasteiger partial charge in [-0.1, -0.05) is 35.9 Å². The SMILES string of the molecule is Cc1ccc(-c2nc3ccc(C)cn3c2C(=O)N2CCN(c3ncccn3)CC2)cc1. The van der Waals surface area contributed by atoms with Crippen molar-refractivity contribution in [2.75, 3.05) is 31.1 Å². The molecule has 156 valence electrons. The maximum atomic E-state index is 13.7. The van der Waals surface area contributed by atoms with E-state index in [0.717, 1.165) is 22.5 Å². The standard InChI is InChI=1S/C24H24N6O/c1-17-4-7-19(8-5-17)21-22(30-16-18(2)6-9-20(30)27-21)23(31)28-12-14-29(15-13-28)24-25-10-3-11-26-24/h3-11,16H,12-15H2,1-2H3. The third kappa shape index (κ3) is 3.63. The summed E-state index contributed by atoms with van der Waals surface area (Å²) in [4.78, 5) is 31.2. The number of nitrogens with zero attached hydrogens (tertiary/aromatic N) is 6. The molecule has 1 amide bonds. The van der Waals surface area contributed by atoms with Crippen molar-refractivity contribution in [2.45, 2.75) is 13.8 Å². The van der Waals surface area contributed by atoms with E-state index < -0.39 is 0 Å². The summed E-state index contributed by atoms with van der Waals surface area (Å²) >= 11 is 0. The summed E-state index contributed by atoms with van der Waals surface area (Å²) in [5.41, 5.74) is 5.33. The lowest BCUT2D eigenvalue weighted by molar-refractivity contribution is 0.0740. The molecule has 7 nitrogen and oxygen atoms in total. The van der Waals surface area contributed by atoms with Gasteiger partial charge in [0.25, 0.3) is 5.91 Å². The summed E-state index contributed by atoms with van der Waals surface area (Å²) < 4.78 is 1.93. The fourth-order valence-corrected chi connectivity index (χ4v) is 3.98. The highest BCUT2D eigenvalue weighted by molar-refractivity contribution is 6.00. The van der Waals surface area contributed by atoms with Gasteiger partial charge < -0.3 is 9.80 Å². The summed E-state index contributed by atoms with van der Waals surface area (Å²) in [5.74, 6) is 0.711. The number of carbonyl (C=O) groups is 1. The molecule has 0 aliphatic carbocycles. The van der Waals surface area contributed by atoms with Crippen molar-refractivity contribution in [1.29, 1.82) is 0 Å². The topological polar surface area (TPSA) is 66.6 Å². The Morgan fingerprint density at radius 1 is 0.871 bits per heavy atom. The van der Waals surface area contributed by atoms with Crippen molar-refractivity contribution in [2.24, 2.45) is 0 Å². The van der Waals surface area contributed by atoms with Crippen LogP contribution in [-0.4, -0.2) is 56.3 Å². The van der Waals surface area contributed by atoms with Crippen molar-refractivity contribution in [1.82, 2.24) is 24.3 Å². The number of amides is 1. The van der Waals surface area contributed by atoms with E-state index in [0.29, 0.717) is 37.8 Å². The maximum absolute atomic E-state index is 13.7. The van der Waals surface area contributed by atoms with E-state index in [-0.39, 0.29) is 5.91 Å². The first kappa shape index (κ1) is 19.2. The molecule has 1 aliphatic rings. The van der Waals surface area contributed by atoms with Gasteiger partial charge in [-0.2, -0.15) is 0 Å². The summed E-state index contributed by atoms with van der Waals surface area (Å²) in [7, 11) is 0. The van der Waals surface area contributed by atoms with Crippen LogP contribution in [0.4, 0.5) is 5.95 Å². The lowest BCUT2D eigenvalue weighted by atomic mass is 10.1. The summed E-state index contributed by atoms with van der Waals surface area (Å²) in [5, 5.41) is 0. The predicted molar refractivity (Wildman–Crippen MR) is 120 cm³/mol. The Morgan fingerprint density at radius 3 is 2.26 bits per heavy atom. The van der Waals surface area contributed by atoms with Crippen LogP contribution in [0.15, 0.2) is 61.1 Å². The van der Waals surface area contributed by atoms with Crippen LogP contribution in [0.25, 0.3) is 16.9 Å². The zero-order chi connectivity index (χ0) is 21.4. The van der Waals surface area contributed by atoms with Crippen molar-refractivity contribution in [3.63, 3.8) is 0 Å². The van der Waals surface area contributed by atoms with Crippen molar-refractivity contribution < 1.29 is 4.79 Å². The van der Waals surface area contributed by atoms with Gasteiger partial charge in [-0.25, -0.2) is 15.0 Å². The Labute approximate surface area is 181 Å². The fourth-order valence-electron chi connectivity index (χ4n) is 3.98. The van der Waals surface area contributed by atoms with Gasteiger partial charge >= 0.3 is 0 Å². The van der Waals surface area contributed by atoms with Crippen LogP contribution < -0.4 is 4.90 Å². The third-order valence-corrected chi connectivity index (χ3v) is 5.70. The van der Waals surface area contributed by atoms with Gasteiger partial charge in [0.05, 0.1) is 0 Å². The highest BCUT2D eigenvalue weighted by Gasteiger charge is 2.28. The molecular formula is C24H24N6O. The second kappa shape index (κ2) is 7.83. The quantitative estimate of drug-likeness (QED) is 0.516. The number of hydrogen-bond donors (Lipinski definition) is 0. The van der Waals surface area contributed by atoms with Gasteiger partial charge in [0, 0.05) is 50.3 Å².